The fourth-order valence-corrected chi connectivity index (χ4v) is 3.62. The van der Waals surface area contributed by atoms with E-state index >= 15 is 0 Å². The van der Waals surface area contributed by atoms with E-state index in [4.69, 9.17) is 9.47 Å². The fourth-order valence-electron chi connectivity index (χ4n) is 3.62. The van der Waals surface area contributed by atoms with Gasteiger partial charge in [0.2, 0.25) is 0 Å². The second kappa shape index (κ2) is 7.58. The van der Waals surface area contributed by atoms with E-state index in [1.165, 1.54) is 11.1 Å². The molecular formula is C19H29NO2. The zero-order valence-corrected chi connectivity index (χ0v) is 14.0. The van der Waals surface area contributed by atoms with Gasteiger partial charge < -0.3 is 9.47 Å². The highest BCUT2D eigenvalue weighted by molar-refractivity contribution is 5.24. The number of piperidine rings is 1. The maximum atomic E-state index is 6.28. The molecule has 3 rings (SSSR count). The molecule has 122 valence electrons. The number of hydrogen-bond donors (Lipinski definition) is 0. The molecule has 0 N–H and O–H groups in total. The summed E-state index contributed by atoms with van der Waals surface area (Å²) in [6.45, 7) is 8.52. The molecule has 0 unspecified atom stereocenters. The predicted molar refractivity (Wildman–Crippen MR) is 89.1 cm³/mol. The van der Waals surface area contributed by atoms with Crippen molar-refractivity contribution < 1.29 is 9.47 Å². The van der Waals surface area contributed by atoms with Crippen LogP contribution in [0.25, 0.3) is 0 Å². The van der Waals surface area contributed by atoms with Crippen LogP contribution in [0.5, 0.6) is 0 Å². The van der Waals surface area contributed by atoms with Gasteiger partial charge in [-0.3, -0.25) is 4.90 Å². The molecule has 22 heavy (non-hydrogen) atoms. The van der Waals surface area contributed by atoms with Gasteiger partial charge in [-0.15, -0.1) is 0 Å². The van der Waals surface area contributed by atoms with Crippen LogP contribution in [0.1, 0.15) is 49.8 Å². The van der Waals surface area contributed by atoms with Gasteiger partial charge in [0.05, 0.1) is 12.2 Å². The third-order valence-electron chi connectivity index (χ3n) is 5.10. The van der Waals surface area contributed by atoms with Crippen molar-refractivity contribution in [2.75, 3.05) is 26.3 Å². The first-order chi connectivity index (χ1) is 10.7. The Bertz CT molecular complexity index is 462. The quantitative estimate of drug-likeness (QED) is 0.846. The van der Waals surface area contributed by atoms with Gasteiger partial charge in [0.15, 0.2) is 0 Å². The molecular weight excluding hydrogens is 274 g/mol. The lowest BCUT2D eigenvalue weighted by Crippen LogP contribution is -2.40. The van der Waals surface area contributed by atoms with Gasteiger partial charge in [0.25, 0.3) is 0 Å². The molecule has 0 saturated carbocycles. The Morgan fingerprint density at radius 1 is 1.09 bits per heavy atom. The van der Waals surface area contributed by atoms with Gasteiger partial charge in [-0.2, -0.15) is 0 Å². The molecule has 0 aliphatic carbocycles. The minimum absolute atomic E-state index is 0.430. The number of nitrogens with zero attached hydrogens (tertiary/aromatic N) is 1. The van der Waals surface area contributed by atoms with Crippen molar-refractivity contribution in [2.24, 2.45) is 0 Å². The summed E-state index contributed by atoms with van der Waals surface area (Å²) >= 11 is 0. The second-order valence-electron chi connectivity index (χ2n) is 6.77. The van der Waals surface area contributed by atoms with Crippen molar-refractivity contribution in [3.8, 4) is 0 Å². The van der Waals surface area contributed by atoms with Crippen molar-refractivity contribution in [1.82, 2.24) is 4.90 Å². The summed E-state index contributed by atoms with van der Waals surface area (Å²) in [7, 11) is 0. The summed E-state index contributed by atoms with van der Waals surface area (Å²) in [5, 5.41) is 0. The Hall–Kier alpha value is -0.900. The largest absolute Gasteiger partial charge is 0.381 e. The van der Waals surface area contributed by atoms with E-state index < -0.39 is 0 Å². The molecule has 0 aromatic heterocycles. The Balaban J connectivity index is 1.48. The molecule has 3 heteroatoms. The van der Waals surface area contributed by atoms with Crippen molar-refractivity contribution in [3.63, 3.8) is 0 Å². The number of hydrogen-bond acceptors (Lipinski definition) is 3. The van der Waals surface area contributed by atoms with E-state index in [1.807, 2.05) is 0 Å². The SMILES string of the molecule is Cc1cccc([C@@H](C)N2CCC(OC3CCOCC3)CC2)c1. The summed E-state index contributed by atoms with van der Waals surface area (Å²) in [5.41, 5.74) is 2.78. The average molecular weight is 303 g/mol. The molecule has 2 saturated heterocycles. The smallest absolute Gasteiger partial charge is 0.0622 e. The van der Waals surface area contributed by atoms with Crippen molar-refractivity contribution in [3.05, 3.63) is 35.4 Å². The third kappa shape index (κ3) is 4.09. The van der Waals surface area contributed by atoms with Crippen LogP contribution in [0.2, 0.25) is 0 Å². The van der Waals surface area contributed by atoms with Crippen molar-refractivity contribution in [2.45, 2.75) is 57.8 Å². The highest BCUT2D eigenvalue weighted by Crippen LogP contribution is 2.27. The highest BCUT2D eigenvalue weighted by atomic mass is 16.5. The maximum absolute atomic E-state index is 6.28. The van der Waals surface area contributed by atoms with Crippen molar-refractivity contribution in [1.29, 1.82) is 0 Å². The molecule has 2 aliphatic heterocycles. The molecule has 2 aliphatic rings. The first-order valence-corrected chi connectivity index (χ1v) is 8.76. The Labute approximate surface area is 134 Å². The predicted octanol–water partition coefficient (Wildman–Crippen LogP) is 3.72. The first-order valence-electron chi connectivity index (χ1n) is 8.76. The summed E-state index contributed by atoms with van der Waals surface area (Å²) in [5.74, 6) is 0. The molecule has 1 atom stereocenters. The second-order valence-corrected chi connectivity index (χ2v) is 6.77. The van der Waals surface area contributed by atoms with Gasteiger partial charge >= 0.3 is 0 Å². The van der Waals surface area contributed by atoms with Crippen LogP contribution < -0.4 is 0 Å². The van der Waals surface area contributed by atoms with E-state index in [0.717, 1.165) is 52.0 Å². The maximum Gasteiger partial charge on any atom is 0.0622 e. The molecule has 1 aromatic carbocycles. The number of ether oxygens (including phenoxy) is 2. The molecule has 2 heterocycles. The summed E-state index contributed by atoms with van der Waals surface area (Å²) < 4.78 is 11.7. The Morgan fingerprint density at radius 3 is 2.45 bits per heavy atom. The lowest BCUT2D eigenvalue weighted by molar-refractivity contribution is -0.0869. The van der Waals surface area contributed by atoms with Crippen LogP contribution in [-0.4, -0.2) is 43.4 Å². The number of likely N-dealkylation sites (tertiary alicyclic amines) is 1. The minimum atomic E-state index is 0.430. The van der Waals surface area contributed by atoms with E-state index in [0.29, 0.717) is 18.2 Å². The zero-order chi connectivity index (χ0) is 15.4. The molecule has 1 aromatic rings. The molecule has 2 fully saturated rings. The zero-order valence-electron chi connectivity index (χ0n) is 14.0. The van der Waals surface area contributed by atoms with E-state index in [-0.39, 0.29) is 0 Å². The van der Waals surface area contributed by atoms with Gasteiger partial charge in [-0.1, -0.05) is 29.8 Å². The molecule has 0 spiro atoms. The Morgan fingerprint density at radius 2 is 1.77 bits per heavy atom. The van der Waals surface area contributed by atoms with Crippen molar-refractivity contribution >= 4 is 0 Å². The van der Waals surface area contributed by atoms with Gasteiger partial charge in [-0.05, 0) is 45.1 Å². The lowest BCUT2D eigenvalue weighted by Gasteiger charge is -2.38. The molecule has 0 radical (unpaired) electrons. The first kappa shape index (κ1) is 16.0. The van der Waals surface area contributed by atoms with Gasteiger partial charge in [-0.25, -0.2) is 0 Å². The normalized spacial score (nSPS) is 23.5. The minimum Gasteiger partial charge on any atom is -0.381 e. The van der Waals surface area contributed by atoms with Crippen LogP contribution in [0.4, 0.5) is 0 Å². The van der Waals surface area contributed by atoms with Crippen LogP contribution >= 0.6 is 0 Å². The number of benzene rings is 1. The van der Waals surface area contributed by atoms with E-state index in [2.05, 4.69) is 43.0 Å². The Kier molecular flexibility index (Phi) is 5.51. The topological polar surface area (TPSA) is 21.7 Å². The average Bonchev–Trinajstić information content (AvgIpc) is 2.56. The summed E-state index contributed by atoms with van der Waals surface area (Å²) in [6.07, 6.45) is 5.34. The third-order valence-corrected chi connectivity index (χ3v) is 5.10. The summed E-state index contributed by atoms with van der Waals surface area (Å²) in [4.78, 5) is 2.60. The van der Waals surface area contributed by atoms with E-state index in [9.17, 15) is 0 Å². The van der Waals surface area contributed by atoms with Crippen LogP contribution in [0.15, 0.2) is 24.3 Å². The molecule has 0 bridgehead atoms. The van der Waals surface area contributed by atoms with E-state index in [1.54, 1.807) is 0 Å². The number of rotatable bonds is 4. The van der Waals surface area contributed by atoms with Crippen LogP contribution in [0.3, 0.4) is 0 Å². The van der Waals surface area contributed by atoms with Gasteiger partial charge in [0, 0.05) is 32.3 Å². The fraction of sp³-hybridized carbons (Fsp3) is 0.684. The van der Waals surface area contributed by atoms with Gasteiger partial charge in [0.1, 0.15) is 0 Å². The molecule has 0 amide bonds. The number of aryl methyl sites for hydroxylation is 1. The monoisotopic (exact) mass is 303 g/mol. The van der Waals surface area contributed by atoms with Crippen LogP contribution in [-0.2, 0) is 9.47 Å². The lowest BCUT2D eigenvalue weighted by atomic mass is 10.00. The van der Waals surface area contributed by atoms with Crippen LogP contribution in [0, 0.1) is 6.92 Å². The summed E-state index contributed by atoms with van der Waals surface area (Å²) in [6, 6.07) is 9.41. The standard InChI is InChI=1S/C19H29NO2/c1-15-4-3-5-17(14-15)16(2)20-10-6-18(7-11-20)22-19-8-12-21-13-9-19/h3-5,14,16,18-19H,6-13H2,1-2H3/t16-/m1/s1. The highest BCUT2D eigenvalue weighted by Gasteiger charge is 2.26. The molecule has 3 nitrogen and oxygen atoms in total.